The van der Waals surface area contributed by atoms with Gasteiger partial charge in [-0.1, -0.05) is 0 Å². The first-order valence-electron chi connectivity index (χ1n) is 3.80. The zero-order chi connectivity index (χ0) is 22.7. The molecule has 26 heavy (non-hydrogen) atoms. The molecule has 0 aliphatic heterocycles. The van der Waals surface area contributed by atoms with Crippen LogP contribution in [-0.2, 0) is 27.8 Å². The van der Waals surface area contributed by atoms with Gasteiger partial charge in [0, 0.05) is 56.5 Å². The van der Waals surface area contributed by atoms with Gasteiger partial charge in [0.2, 0.25) is 0 Å². The quantitative estimate of drug-likeness (QED) is 0.477. The average molecular weight is 438 g/mol. The molecule has 0 aromatic carbocycles. The number of nitriles is 12. The minimum absolute atomic E-state index is 0. The maximum Gasteiger partial charge on any atom is 0 e. The van der Waals surface area contributed by atoms with Gasteiger partial charge in [0.05, 0.1) is 0 Å². The maximum atomic E-state index is 8.57. The van der Waals surface area contributed by atoms with E-state index in [-0.39, 0.29) is 17.1 Å². The minimum atomic E-state index is -5.77. The largest absolute Gasteiger partial charge is 0 e. The molecule has 0 N–H and O–H groups in total. The summed E-state index contributed by atoms with van der Waals surface area (Å²) in [6.07, 6.45) is 0. The molecule has 0 amide bonds. The van der Waals surface area contributed by atoms with Crippen LogP contribution in [0.1, 0.15) is 0 Å². The first-order chi connectivity index (χ1) is 12.0. The van der Waals surface area contributed by atoms with Gasteiger partial charge in [0.15, 0.2) is 0 Å². The van der Waals surface area contributed by atoms with Crippen LogP contribution in [0.25, 0.3) is 0 Å². The van der Waals surface area contributed by atoms with Gasteiger partial charge in [0.25, 0.3) is 0 Å². The van der Waals surface area contributed by atoms with Crippen LogP contribution in [0.5, 0.6) is 0 Å². The Balaban J connectivity index is -0.0000000352. The van der Waals surface area contributed by atoms with Crippen molar-refractivity contribution in [2.45, 2.75) is 0 Å². The summed E-state index contributed by atoms with van der Waals surface area (Å²) < 4.78 is 0. The smallest absolute Gasteiger partial charge is 0 e. The van der Waals surface area contributed by atoms with E-state index < -0.39 is 10.7 Å². The van der Waals surface area contributed by atoms with Gasteiger partial charge in [-0.3, -0.25) is 0 Å². The summed E-state index contributed by atoms with van der Waals surface area (Å²) in [5.74, 6) is 0. The predicted molar refractivity (Wildman–Crippen MR) is 73.7 cm³/mol. The summed E-state index contributed by atoms with van der Waals surface area (Å²) in [6.45, 7) is 21.0. The summed E-state index contributed by atoms with van der Waals surface area (Å²) in [6, 6.07) is 0. The monoisotopic (exact) mass is 437 g/mol. The molecule has 14 heteroatoms. The second-order valence-corrected chi connectivity index (χ2v) is 6.33. The number of rotatable bonds is 0. The van der Waals surface area contributed by atoms with E-state index in [0.717, 1.165) is 29.8 Å². The zero-order valence-corrected chi connectivity index (χ0v) is 14.5. The Morgan fingerprint density at radius 3 is 0.423 bits per heavy atom. The Bertz CT molecular complexity index is 595. The van der Waals surface area contributed by atoms with Gasteiger partial charge < -0.3 is 0 Å². The van der Waals surface area contributed by atoms with Crippen LogP contribution in [0.15, 0.2) is 0 Å². The van der Waals surface area contributed by atoms with Crippen LogP contribution in [0.4, 0.5) is 0 Å². The normalized spacial score (nSPS) is 7.15. The average Bonchev–Trinajstić information content (AvgIpc) is 2.80. The maximum absolute atomic E-state index is 8.57. The van der Waals surface area contributed by atoms with Crippen molar-refractivity contribution in [3.63, 3.8) is 0 Å². The predicted octanol–water partition coefficient (Wildman–Crippen LogP) is 0.934. The van der Waals surface area contributed by atoms with Crippen molar-refractivity contribution in [1.82, 2.24) is 0 Å². The molecule has 0 fully saturated rings. The third kappa shape index (κ3) is 9.78. The summed E-state index contributed by atoms with van der Waals surface area (Å²) >= 11 is 0. The SMILES string of the molecule is C#N.C#N.C#N.C#N.C#N.C#N.N#[C][Cu]([C]#N)([C]#N)([C]#N)([C]#N)[C]#N.[Fe]. The van der Waals surface area contributed by atoms with E-state index in [1.807, 2.05) is 0 Å². The number of nitrogens with zero attached hydrogens (tertiary/aromatic N) is 12. The van der Waals surface area contributed by atoms with Crippen LogP contribution in [-0.4, -0.2) is 0 Å². The second-order valence-electron chi connectivity index (χ2n) is 1.54. The summed E-state index contributed by atoms with van der Waals surface area (Å²) in [4.78, 5) is 6.00. The van der Waals surface area contributed by atoms with Gasteiger partial charge in [-0.2, -0.15) is 0 Å². The molecule has 0 bridgehead atoms. The molecule has 0 saturated heterocycles. The molecular weight excluding hydrogens is 432 g/mol. The molecular formula is C12H6CuFeN12. The van der Waals surface area contributed by atoms with E-state index in [1.165, 1.54) is 0 Å². The summed E-state index contributed by atoms with van der Waals surface area (Å²) in [5.41, 5.74) is 0. The number of hydrogen-bond donors (Lipinski definition) is 0. The topological polar surface area (TPSA) is 285 Å². The van der Waals surface area contributed by atoms with Crippen molar-refractivity contribution in [3.8, 4) is 69.2 Å². The Morgan fingerprint density at radius 2 is 0.423 bits per heavy atom. The van der Waals surface area contributed by atoms with E-state index in [4.69, 9.17) is 63.1 Å². The third-order valence-corrected chi connectivity index (χ3v) is 4.17. The first kappa shape index (κ1) is 49.7. The van der Waals surface area contributed by atoms with Crippen molar-refractivity contribution in [2.75, 3.05) is 0 Å². The fourth-order valence-electron chi connectivity index (χ4n) is 0.226. The molecule has 0 atom stereocenters. The Labute approximate surface area is 160 Å². The van der Waals surface area contributed by atoms with Crippen molar-refractivity contribution >= 4 is 0 Å². The van der Waals surface area contributed by atoms with Crippen LogP contribution < -0.4 is 0 Å². The van der Waals surface area contributed by atoms with Crippen molar-refractivity contribution < 1.29 is 27.8 Å². The molecule has 0 aromatic rings. The van der Waals surface area contributed by atoms with E-state index in [2.05, 4.69) is 39.4 Å². The Kier molecular flexibility index (Phi) is 53.8. The van der Waals surface area contributed by atoms with Gasteiger partial charge in [0.1, 0.15) is 0 Å². The molecule has 0 aliphatic rings. The van der Waals surface area contributed by atoms with Crippen molar-refractivity contribution in [2.24, 2.45) is 0 Å². The molecule has 0 radical (unpaired) electrons. The Morgan fingerprint density at radius 1 is 0.346 bits per heavy atom. The van der Waals surface area contributed by atoms with Gasteiger partial charge in [-0.05, 0) is 0 Å². The molecule has 0 aromatic heterocycles. The number of hydrogen-bond acceptors (Lipinski definition) is 12. The minimum Gasteiger partial charge on any atom is 0 e. The molecule has 0 unspecified atom stereocenters. The molecule has 0 saturated carbocycles. The zero-order valence-electron chi connectivity index (χ0n) is 12.5. The van der Waals surface area contributed by atoms with E-state index in [1.54, 1.807) is 0 Å². The molecule has 133 valence electrons. The van der Waals surface area contributed by atoms with Gasteiger partial charge in [-0.25, -0.2) is 31.6 Å². The van der Waals surface area contributed by atoms with Gasteiger partial charge in [-0.15, -0.1) is 0 Å². The van der Waals surface area contributed by atoms with Gasteiger partial charge >= 0.3 is 72.1 Å². The molecule has 12 nitrogen and oxygen atoms in total. The van der Waals surface area contributed by atoms with E-state index in [0.29, 0.717) is 0 Å². The van der Waals surface area contributed by atoms with Crippen molar-refractivity contribution in [3.05, 3.63) is 0 Å². The van der Waals surface area contributed by atoms with E-state index >= 15 is 0 Å². The van der Waals surface area contributed by atoms with Crippen LogP contribution in [0, 0.1) is 132 Å². The van der Waals surface area contributed by atoms with Crippen LogP contribution in [0.2, 0.25) is 0 Å². The third-order valence-electron chi connectivity index (χ3n) is 1.01. The molecule has 0 heterocycles. The first-order valence-corrected chi connectivity index (χ1v) is 6.62. The van der Waals surface area contributed by atoms with Crippen molar-refractivity contribution in [1.29, 1.82) is 63.1 Å². The Hall–Kier alpha value is -5.08. The van der Waals surface area contributed by atoms with Crippen LogP contribution >= 0.6 is 0 Å². The molecule has 0 rings (SSSR count). The fraction of sp³-hybridized carbons (Fsp3) is 0. The second kappa shape index (κ2) is 28.1. The standard InChI is InChI=1S/6CHN.6CN.Cu.Fe/c12*1-2;;/h6*1H;;;;;;;;. The summed E-state index contributed by atoms with van der Waals surface area (Å²) in [5, 5.41) is 90.4. The van der Waals surface area contributed by atoms with E-state index in [9.17, 15) is 0 Å². The summed E-state index contributed by atoms with van der Waals surface area (Å²) in [7, 11) is -5.77. The molecule has 0 spiro atoms. The van der Waals surface area contributed by atoms with Crippen LogP contribution in [0.3, 0.4) is 0 Å². The molecule has 0 aliphatic carbocycles. The fourth-order valence-corrected chi connectivity index (χ4v) is 0.932.